The molecular formula is C15H22BrClN2O. The Kier molecular flexibility index (Phi) is 6.05. The van der Waals surface area contributed by atoms with Gasteiger partial charge in [-0.2, -0.15) is 0 Å². The van der Waals surface area contributed by atoms with Gasteiger partial charge in [-0.25, -0.2) is 0 Å². The predicted octanol–water partition coefficient (Wildman–Crippen LogP) is 3.35. The van der Waals surface area contributed by atoms with E-state index in [9.17, 15) is 4.79 Å². The lowest BCUT2D eigenvalue weighted by atomic mass is 9.92. The maximum Gasteiger partial charge on any atom is 0.244 e. The molecule has 1 fully saturated rings. The van der Waals surface area contributed by atoms with E-state index in [0.717, 1.165) is 22.4 Å². The van der Waals surface area contributed by atoms with Crippen LogP contribution in [0.25, 0.3) is 0 Å². The molecule has 2 atom stereocenters. The molecule has 0 aromatic heterocycles. The smallest absolute Gasteiger partial charge is 0.244 e. The first-order valence-electron chi connectivity index (χ1n) is 6.75. The summed E-state index contributed by atoms with van der Waals surface area (Å²) in [5, 5.41) is 3.03. The van der Waals surface area contributed by atoms with Crippen LogP contribution in [0.15, 0.2) is 28.7 Å². The molecule has 1 aliphatic carbocycles. The molecule has 20 heavy (non-hydrogen) atoms. The monoisotopic (exact) mass is 360 g/mol. The summed E-state index contributed by atoms with van der Waals surface area (Å²) in [7, 11) is 0. The van der Waals surface area contributed by atoms with Gasteiger partial charge in [0.2, 0.25) is 5.91 Å². The largest absolute Gasteiger partial charge is 0.352 e. The van der Waals surface area contributed by atoms with E-state index in [2.05, 4.69) is 21.2 Å². The van der Waals surface area contributed by atoms with E-state index in [0.29, 0.717) is 0 Å². The molecule has 1 amide bonds. The summed E-state index contributed by atoms with van der Waals surface area (Å²) >= 11 is 3.38. The van der Waals surface area contributed by atoms with Crippen molar-refractivity contribution >= 4 is 34.2 Å². The normalized spacial score (nSPS) is 18.6. The summed E-state index contributed by atoms with van der Waals surface area (Å²) < 4.78 is 0.981. The van der Waals surface area contributed by atoms with Crippen LogP contribution in [0.4, 0.5) is 0 Å². The van der Waals surface area contributed by atoms with Gasteiger partial charge in [-0.05, 0) is 43.9 Å². The van der Waals surface area contributed by atoms with E-state index in [1.165, 1.54) is 12.8 Å². The Balaban J connectivity index is 0.00000200. The molecule has 2 rings (SSSR count). The van der Waals surface area contributed by atoms with Crippen molar-refractivity contribution in [2.24, 2.45) is 11.7 Å². The minimum absolute atomic E-state index is 0. The average molecular weight is 362 g/mol. The van der Waals surface area contributed by atoms with Gasteiger partial charge >= 0.3 is 0 Å². The summed E-state index contributed by atoms with van der Waals surface area (Å²) in [6.07, 6.45) is 3.65. The standard InChI is InChI=1S/C15H21BrN2O.ClH/c1-10(9-11-3-4-11)18-14(19)15(2,17)12-5-7-13(16)8-6-12;/h5-8,10-11H,3-4,9,17H2,1-2H3,(H,18,19);1H. The number of carbonyl (C=O) groups is 1. The molecule has 1 aromatic rings. The molecule has 3 nitrogen and oxygen atoms in total. The topological polar surface area (TPSA) is 55.1 Å². The van der Waals surface area contributed by atoms with Gasteiger partial charge in [-0.3, -0.25) is 4.79 Å². The zero-order chi connectivity index (χ0) is 14.0. The number of benzene rings is 1. The highest BCUT2D eigenvalue weighted by Crippen LogP contribution is 2.33. The first kappa shape index (κ1) is 17.5. The number of nitrogens with two attached hydrogens (primary N) is 1. The highest BCUT2D eigenvalue weighted by atomic mass is 79.9. The number of nitrogens with one attached hydrogen (secondary N) is 1. The van der Waals surface area contributed by atoms with Gasteiger partial charge in [0.1, 0.15) is 5.54 Å². The molecule has 112 valence electrons. The van der Waals surface area contributed by atoms with Crippen LogP contribution in [0.2, 0.25) is 0 Å². The van der Waals surface area contributed by atoms with E-state index in [1.807, 2.05) is 31.2 Å². The summed E-state index contributed by atoms with van der Waals surface area (Å²) in [6, 6.07) is 7.77. The van der Waals surface area contributed by atoms with Crippen molar-refractivity contribution in [3.8, 4) is 0 Å². The number of hydrogen-bond acceptors (Lipinski definition) is 2. The molecule has 1 saturated carbocycles. The van der Waals surface area contributed by atoms with E-state index in [1.54, 1.807) is 6.92 Å². The van der Waals surface area contributed by atoms with Gasteiger partial charge in [0.25, 0.3) is 0 Å². The summed E-state index contributed by atoms with van der Waals surface area (Å²) in [5.74, 6) is 0.690. The molecule has 2 unspecified atom stereocenters. The highest BCUT2D eigenvalue weighted by molar-refractivity contribution is 9.10. The van der Waals surface area contributed by atoms with Crippen LogP contribution in [0.1, 0.15) is 38.7 Å². The molecule has 0 radical (unpaired) electrons. The van der Waals surface area contributed by atoms with Crippen LogP contribution < -0.4 is 11.1 Å². The first-order valence-corrected chi connectivity index (χ1v) is 7.55. The number of amides is 1. The van der Waals surface area contributed by atoms with Crippen LogP contribution in [-0.2, 0) is 10.3 Å². The second kappa shape index (κ2) is 6.92. The third-order valence-electron chi connectivity index (χ3n) is 3.68. The van der Waals surface area contributed by atoms with Crippen LogP contribution in [0, 0.1) is 5.92 Å². The van der Waals surface area contributed by atoms with Gasteiger partial charge in [0.05, 0.1) is 0 Å². The van der Waals surface area contributed by atoms with Crippen LogP contribution in [0.3, 0.4) is 0 Å². The molecular weight excluding hydrogens is 340 g/mol. The molecule has 3 N–H and O–H groups in total. The number of halogens is 2. The highest BCUT2D eigenvalue weighted by Gasteiger charge is 2.32. The van der Waals surface area contributed by atoms with E-state index < -0.39 is 5.54 Å². The van der Waals surface area contributed by atoms with Gasteiger partial charge in [-0.1, -0.05) is 40.9 Å². The van der Waals surface area contributed by atoms with Crippen molar-refractivity contribution in [2.45, 2.75) is 44.7 Å². The molecule has 1 aliphatic rings. The second-order valence-electron chi connectivity index (χ2n) is 5.76. The van der Waals surface area contributed by atoms with E-state index in [4.69, 9.17) is 5.73 Å². The van der Waals surface area contributed by atoms with Crippen molar-refractivity contribution in [2.75, 3.05) is 0 Å². The maximum absolute atomic E-state index is 12.3. The molecule has 0 heterocycles. The Hall–Kier alpha value is -0.580. The minimum atomic E-state index is -0.988. The van der Waals surface area contributed by atoms with Crippen molar-refractivity contribution in [1.82, 2.24) is 5.32 Å². The van der Waals surface area contributed by atoms with Gasteiger partial charge in [0, 0.05) is 10.5 Å². The summed E-state index contributed by atoms with van der Waals surface area (Å²) in [4.78, 5) is 12.3. The van der Waals surface area contributed by atoms with Crippen LogP contribution in [0.5, 0.6) is 0 Å². The number of hydrogen-bond donors (Lipinski definition) is 2. The fourth-order valence-corrected chi connectivity index (χ4v) is 2.48. The van der Waals surface area contributed by atoms with E-state index >= 15 is 0 Å². The predicted molar refractivity (Wildman–Crippen MR) is 87.9 cm³/mol. The zero-order valence-corrected chi connectivity index (χ0v) is 14.3. The summed E-state index contributed by atoms with van der Waals surface area (Å²) in [6.45, 7) is 3.81. The van der Waals surface area contributed by atoms with Gasteiger partial charge in [-0.15, -0.1) is 12.4 Å². The zero-order valence-electron chi connectivity index (χ0n) is 11.9. The van der Waals surface area contributed by atoms with E-state index in [-0.39, 0.29) is 24.4 Å². The Labute approximate surface area is 135 Å². The van der Waals surface area contributed by atoms with Crippen LogP contribution in [-0.4, -0.2) is 11.9 Å². The lowest BCUT2D eigenvalue weighted by molar-refractivity contribution is -0.126. The molecule has 5 heteroatoms. The van der Waals surface area contributed by atoms with Crippen LogP contribution >= 0.6 is 28.3 Å². The average Bonchev–Trinajstić information content (AvgIpc) is 3.13. The Morgan fingerprint density at radius 1 is 1.45 bits per heavy atom. The van der Waals surface area contributed by atoms with Crippen molar-refractivity contribution in [1.29, 1.82) is 0 Å². The number of carbonyl (C=O) groups excluding carboxylic acids is 1. The molecule has 1 aromatic carbocycles. The Bertz CT molecular complexity index is 457. The molecule has 0 aliphatic heterocycles. The number of rotatable bonds is 5. The molecule has 0 spiro atoms. The van der Waals surface area contributed by atoms with Crippen molar-refractivity contribution in [3.05, 3.63) is 34.3 Å². The Morgan fingerprint density at radius 2 is 2.00 bits per heavy atom. The van der Waals surface area contributed by atoms with Crippen molar-refractivity contribution in [3.63, 3.8) is 0 Å². The SMILES string of the molecule is CC(CC1CC1)NC(=O)C(C)(N)c1ccc(Br)cc1.Cl. The Morgan fingerprint density at radius 3 is 2.50 bits per heavy atom. The molecule has 0 bridgehead atoms. The first-order chi connectivity index (χ1) is 8.89. The third-order valence-corrected chi connectivity index (χ3v) is 4.21. The second-order valence-corrected chi connectivity index (χ2v) is 6.68. The maximum atomic E-state index is 12.3. The van der Waals surface area contributed by atoms with Crippen molar-refractivity contribution < 1.29 is 4.79 Å². The van der Waals surface area contributed by atoms with Gasteiger partial charge < -0.3 is 11.1 Å². The van der Waals surface area contributed by atoms with Gasteiger partial charge in [0.15, 0.2) is 0 Å². The lowest BCUT2D eigenvalue weighted by Gasteiger charge is -2.26. The third kappa shape index (κ3) is 4.47. The minimum Gasteiger partial charge on any atom is -0.352 e. The fourth-order valence-electron chi connectivity index (χ4n) is 2.21. The lowest BCUT2D eigenvalue weighted by Crippen LogP contribution is -2.51. The quantitative estimate of drug-likeness (QED) is 0.845. The fraction of sp³-hybridized carbons (Fsp3) is 0.533. The molecule has 0 saturated heterocycles. The summed E-state index contributed by atoms with van der Waals surface area (Å²) in [5.41, 5.74) is 6.04.